The van der Waals surface area contributed by atoms with Crippen LogP contribution in [0.25, 0.3) is 5.57 Å². The average Bonchev–Trinajstić information content (AvgIpc) is 2.74. The average molecular weight is 237 g/mol. The molecule has 0 unspecified atom stereocenters. The summed E-state index contributed by atoms with van der Waals surface area (Å²) in [5.41, 5.74) is 2.53. The molecular formula is C12H19N3S. The summed E-state index contributed by atoms with van der Waals surface area (Å²) >= 11 is 1.90. The molecule has 1 N–H and O–H groups in total. The number of nitrogens with zero attached hydrogens (tertiary/aromatic N) is 2. The number of H-pyrrole nitrogens is 1. The van der Waals surface area contributed by atoms with E-state index in [0.717, 1.165) is 31.0 Å². The van der Waals surface area contributed by atoms with Crippen LogP contribution < -0.4 is 0 Å². The molecule has 1 aliphatic rings. The molecule has 1 aromatic rings. The third-order valence-electron chi connectivity index (χ3n) is 2.71. The van der Waals surface area contributed by atoms with Gasteiger partial charge in [-0.3, -0.25) is 5.10 Å². The zero-order valence-corrected chi connectivity index (χ0v) is 10.8. The summed E-state index contributed by atoms with van der Waals surface area (Å²) in [5.74, 6) is 1.16. The summed E-state index contributed by atoms with van der Waals surface area (Å²) < 4.78 is 0. The van der Waals surface area contributed by atoms with Gasteiger partial charge >= 0.3 is 0 Å². The Morgan fingerprint density at radius 1 is 1.56 bits per heavy atom. The van der Waals surface area contributed by atoms with Crippen LogP contribution >= 0.6 is 11.8 Å². The van der Waals surface area contributed by atoms with Gasteiger partial charge < -0.3 is 4.90 Å². The first-order chi connectivity index (χ1) is 7.81. The maximum absolute atomic E-state index is 4.39. The van der Waals surface area contributed by atoms with Crippen LogP contribution in [0.2, 0.25) is 0 Å². The van der Waals surface area contributed by atoms with Crippen molar-refractivity contribution in [2.45, 2.75) is 24.7 Å². The molecule has 0 bridgehead atoms. The topological polar surface area (TPSA) is 31.9 Å². The fourth-order valence-electron chi connectivity index (χ4n) is 1.90. The number of aromatic amines is 1. The third kappa shape index (κ3) is 2.68. The van der Waals surface area contributed by atoms with E-state index < -0.39 is 0 Å². The Labute approximate surface area is 101 Å². The lowest BCUT2D eigenvalue weighted by Gasteiger charge is -2.22. The van der Waals surface area contributed by atoms with Gasteiger partial charge in [-0.1, -0.05) is 13.0 Å². The molecule has 0 aromatic carbocycles. The highest BCUT2D eigenvalue weighted by Crippen LogP contribution is 2.28. The normalized spacial score (nSPS) is 17.5. The van der Waals surface area contributed by atoms with E-state index in [1.54, 1.807) is 0 Å². The minimum atomic E-state index is 1.02. The van der Waals surface area contributed by atoms with E-state index in [2.05, 4.69) is 35.1 Å². The second-order valence-corrected chi connectivity index (χ2v) is 5.34. The van der Waals surface area contributed by atoms with Crippen LogP contribution in [0.3, 0.4) is 0 Å². The van der Waals surface area contributed by atoms with Gasteiger partial charge in [0, 0.05) is 19.3 Å². The molecular weight excluding hydrogens is 218 g/mol. The van der Waals surface area contributed by atoms with Gasteiger partial charge in [0.25, 0.3) is 0 Å². The maximum Gasteiger partial charge on any atom is 0.103 e. The van der Waals surface area contributed by atoms with Crippen molar-refractivity contribution in [1.29, 1.82) is 0 Å². The molecule has 3 nitrogen and oxygen atoms in total. The van der Waals surface area contributed by atoms with E-state index in [4.69, 9.17) is 0 Å². The number of aromatic nitrogens is 2. The molecule has 88 valence electrons. The fourth-order valence-corrected chi connectivity index (χ4v) is 2.77. The van der Waals surface area contributed by atoms with Gasteiger partial charge in [0.15, 0.2) is 0 Å². The van der Waals surface area contributed by atoms with Gasteiger partial charge in [0.2, 0.25) is 0 Å². The van der Waals surface area contributed by atoms with Crippen LogP contribution in [0, 0.1) is 0 Å². The van der Waals surface area contributed by atoms with Crippen molar-refractivity contribution in [2.75, 3.05) is 25.9 Å². The Hall–Kier alpha value is -0.740. The summed E-state index contributed by atoms with van der Waals surface area (Å²) in [7, 11) is 2.17. The number of hydrogen-bond donors (Lipinski definition) is 1. The molecule has 16 heavy (non-hydrogen) atoms. The second kappa shape index (κ2) is 5.55. The van der Waals surface area contributed by atoms with Crippen molar-refractivity contribution >= 4 is 17.3 Å². The monoisotopic (exact) mass is 237 g/mol. The van der Waals surface area contributed by atoms with Crippen molar-refractivity contribution in [3.63, 3.8) is 0 Å². The number of rotatable bonds is 4. The molecule has 0 saturated heterocycles. The minimum absolute atomic E-state index is 1.02. The number of likely N-dealkylation sites (N-methyl/N-ethyl adjacent to an activating group) is 1. The largest absolute Gasteiger partial charge is 0.302 e. The van der Waals surface area contributed by atoms with E-state index in [-0.39, 0.29) is 0 Å². The predicted octanol–water partition coefficient (Wildman–Crippen LogP) is 2.63. The molecule has 0 radical (unpaired) electrons. The summed E-state index contributed by atoms with van der Waals surface area (Å²) in [6.07, 6.45) is 6.68. The lowest BCUT2D eigenvalue weighted by Crippen LogP contribution is -2.25. The van der Waals surface area contributed by atoms with Crippen molar-refractivity contribution < 1.29 is 0 Å². The third-order valence-corrected chi connectivity index (χ3v) is 3.95. The van der Waals surface area contributed by atoms with E-state index >= 15 is 0 Å². The van der Waals surface area contributed by atoms with Gasteiger partial charge in [0.05, 0.1) is 4.90 Å². The van der Waals surface area contributed by atoms with Crippen LogP contribution in [0.15, 0.2) is 17.2 Å². The molecule has 0 fully saturated rings. The fraction of sp³-hybridized carbons (Fsp3) is 0.583. The molecule has 1 aromatic heterocycles. The Kier molecular flexibility index (Phi) is 4.07. The van der Waals surface area contributed by atoms with Gasteiger partial charge in [0.1, 0.15) is 5.69 Å². The molecule has 0 spiro atoms. The number of nitrogens with one attached hydrogen (secondary N) is 1. The van der Waals surface area contributed by atoms with Gasteiger partial charge in [-0.25, -0.2) is 0 Å². The molecule has 4 heteroatoms. The highest BCUT2D eigenvalue weighted by molar-refractivity contribution is 7.99. The van der Waals surface area contributed by atoms with E-state index in [1.165, 1.54) is 16.9 Å². The lowest BCUT2D eigenvalue weighted by atomic mass is 10.1. The summed E-state index contributed by atoms with van der Waals surface area (Å²) in [6.45, 7) is 4.39. The van der Waals surface area contributed by atoms with Crippen LogP contribution in [-0.2, 0) is 0 Å². The quantitative estimate of drug-likeness (QED) is 0.817. The summed E-state index contributed by atoms with van der Waals surface area (Å²) in [4.78, 5) is 3.64. The van der Waals surface area contributed by atoms with E-state index in [9.17, 15) is 0 Å². The maximum atomic E-state index is 4.39. The number of hydrogen-bond acceptors (Lipinski definition) is 3. The standard InChI is InChI=1S/C12H19N3S/c1-3-7-16-11-8-13-14-12(11)10-5-4-6-15(2)9-10/h5,8H,3-4,6-7,9H2,1-2H3,(H,13,14). The molecule has 2 rings (SSSR count). The van der Waals surface area contributed by atoms with Crippen molar-refractivity contribution in [2.24, 2.45) is 0 Å². The van der Waals surface area contributed by atoms with Crippen LogP contribution in [0.5, 0.6) is 0 Å². The van der Waals surface area contributed by atoms with Crippen LogP contribution in [0.1, 0.15) is 25.5 Å². The zero-order chi connectivity index (χ0) is 11.4. The molecule has 0 atom stereocenters. The Morgan fingerprint density at radius 3 is 3.19 bits per heavy atom. The first-order valence-corrected chi connectivity index (χ1v) is 6.84. The van der Waals surface area contributed by atoms with Crippen molar-refractivity contribution in [1.82, 2.24) is 15.1 Å². The highest BCUT2D eigenvalue weighted by Gasteiger charge is 2.15. The van der Waals surface area contributed by atoms with Gasteiger partial charge in [-0.2, -0.15) is 5.10 Å². The Balaban J connectivity index is 2.13. The first-order valence-electron chi connectivity index (χ1n) is 5.85. The molecule has 2 heterocycles. The first kappa shape index (κ1) is 11.7. The van der Waals surface area contributed by atoms with Gasteiger partial charge in [-0.15, -0.1) is 11.8 Å². The summed E-state index contributed by atoms with van der Waals surface area (Å²) in [6, 6.07) is 0. The lowest BCUT2D eigenvalue weighted by molar-refractivity contribution is 0.372. The minimum Gasteiger partial charge on any atom is -0.302 e. The highest BCUT2D eigenvalue weighted by atomic mass is 32.2. The van der Waals surface area contributed by atoms with Crippen molar-refractivity contribution in [3.05, 3.63) is 18.0 Å². The molecule has 0 saturated carbocycles. The summed E-state index contributed by atoms with van der Waals surface area (Å²) in [5, 5.41) is 7.38. The van der Waals surface area contributed by atoms with Crippen LogP contribution in [0.4, 0.5) is 0 Å². The number of thioether (sulfide) groups is 1. The van der Waals surface area contributed by atoms with Crippen molar-refractivity contribution in [3.8, 4) is 0 Å². The zero-order valence-electron chi connectivity index (χ0n) is 9.99. The van der Waals surface area contributed by atoms with Gasteiger partial charge in [-0.05, 0) is 31.2 Å². The molecule has 0 aliphatic carbocycles. The Bertz CT molecular complexity index is 370. The Morgan fingerprint density at radius 2 is 2.44 bits per heavy atom. The predicted molar refractivity (Wildman–Crippen MR) is 69.7 cm³/mol. The van der Waals surface area contributed by atoms with E-state index in [1.807, 2.05) is 18.0 Å². The second-order valence-electron chi connectivity index (χ2n) is 4.20. The smallest absolute Gasteiger partial charge is 0.103 e. The molecule has 1 aliphatic heterocycles. The molecule has 0 amide bonds. The van der Waals surface area contributed by atoms with Crippen LogP contribution in [-0.4, -0.2) is 41.0 Å². The van der Waals surface area contributed by atoms with E-state index in [0.29, 0.717) is 0 Å². The SMILES string of the molecule is CCCSc1c[nH]nc1C1=CCCN(C)C1.